The third-order valence-electron chi connectivity index (χ3n) is 4.10. The van der Waals surface area contributed by atoms with Crippen LogP contribution in [0, 0.1) is 11.7 Å². The molecule has 1 atom stereocenters. The normalized spacial score (nSPS) is 24.9. The Kier molecular flexibility index (Phi) is 5.30. The fraction of sp³-hybridized carbons (Fsp3) is 0.600. The second-order valence-corrected chi connectivity index (χ2v) is 6.50. The Hall–Kier alpha value is -0.620. The molecule has 0 amide bonds. The van der Waals surface area contributed by atoms with Crippen LogP contribution in [-0.2, 0) is 0 Å². The zero-order valence-electron chi connectivity index (χ0n) is 11.7. The van der Waals surface area contributed by atoms with Gasteiger partial charge in [0.25, 0.3) is 0 Å². The molecule has 1 N–H and O–H groups in total. The summed E-state index contributed by atoms with van der Waals surface area (Å²) in [5.74, 6) is -1.48. The summed E-state index contributed by atoms with van der Waals surface area (Å²) in [5.41, 5.74) is 0.911. The lowest BCUT2D eigenvalue weighted by atomic mass is 9.85. The maximum absolute atomic E-state index is 13.1. The third-order valence-corrected chi connectivity index (χ3v) is 4.79. The lowest BCUT2D eigenvalue weighted by Gasteiger charge is -2.32. The largest absolute Gasteiger partial charge is 0.391 e. The Bertz CT molecular complexity index is 481. The highest BCUT2D eigenvalue weighted by Gasteiger charge is 2.41. The highest BCUT2D eigenvalue weighted by Crippen LogP contribution is 2.38. The van der Waals surface area contributed by atoms with Gasteiger partial charge in [-0.2, -0.15) is 13.2 Å². The van der Waals surface area contributed by atoms with Crippen molar-refractivity contribution in [2.45, 2.75) is 50.9 Å². The van der Waals surface area contributed by atoms with Crippen molar-refractivity contribution in [2.75, 3.05) is 0 Å². The fourth-order valence-electron chi connectivity index (χ4n) is 2.88. The fourth-order valence-corrected chi connectivity index (χ4v) is 3.58. The number of benzene rings is 1. The lowest BCUT2D eigenvalue weighted by molar-refractivity contribution is -0.182. The van der Waals surface area contributed by atoms with Gasteiger partial charge in [0.2, 0.25) is 0 Å². The van der Waals surface area contributed by atoms with E-state index in [1.54, 1.807) is 6.07 Å². The summed E-state index contributed by atoms with van der Waals surface area (Å²) >= 11 is 3.32. The molecule has 6 heteroatoms. The lowest BCUT2D eigenvalue weighted by Crippen LogP contribution is -2.38. The van der Waals surface area contributed by atoms with Gasteiger partial charge in [-0.15, -0.1) is 0 Å². The van der Waals surface area contributed by atoms with Crippen LogP contribution in [0.15, 0.2) is 22.7 Å². The molecule has 0 radical (unpaired) electrons. The maximum Gasteiger partial charge on any atom is 0.391 e. The zero-order valence-corrected chi connectivity index (χ0v) is 13.3. The van der Waals surface area contributed by atoms with Crippen LogP contribution >= 0.6 is 15.9 Å². The predicted octanol–water partition coefficient (Wildman–Crippen LogP) is 5.36. The molecule has 0 bridgehead atoms. The number of halogens is 5. The van der Waals surface area contributed by atoms with E-state index in [2.05, 4.69) is 21.2 Å². The van der Waals surface area contributed by atoms with Crippen molar-refractivity contribution >= 4 is 15.9 Å². The Morgan fingerprint density at radius 1 is 1.19 bits per heavy atom. The van der Waals surface area contributed by atoms with Crippen LogP contribution in [0.3, 0.4) is 0 Å². The van der Waals surface area contributed by atoms with Gasteiger partial charge in [0, 0.05) is 16.6 Å². The van der Waals surface area contributed by atoms with E-state index in [4.69, 9.17) is 0 Å². The molecule has 1 aliphatic carbocycles. The number of nitrogens with one attached hydrogen (secondary N) is 1. The summed E-state index contributed by atoms with van der Waals surface area (Å²) in [6.45, 7) is 1.94. The average molecular weight is 368 g/mol. The van der Waals surface area contributed by atoms with E-state index >= 15 is 0 Å². The summed E-state index contributed by atoms with van der Waals surface area (Å²) in [6, 6.07) is 4.52. The standard InChI is InChI=1S/C15H18BrF4N/c1-9(13-7-4-11(17)8-14(13)16)21-12-5-2-10(3-6-12)15(18,19)20/h4,7-10,12,21H,2-3,5-6H2,1H3. The first kappa shape index (κ1) is 16.7. The Morgan fingerprint density at radius 2 is 1.81 bits per heavy atom. The number of hydrogen-bond donors (Lipinski definition) is 1. The van der Waals surface area contributed by atoms with Crippen molar-refractivity contribution in [1.29, 1.82) is 0 Å². The summed E-state index contributed by atoms with van der Waals surface area (Å²) in [5, 5.41) is 3.35. The van der Waals surface area contributed by atoms with Crippen LogP contribution in [-0.4, -0.2) is 12.2 Å². The van der Waals surface area contributed by atoms with E-state index < -0.39 is 12.1 Å². The summed E-state index contributed by atoms with van der Waals surface area (Å²) in [4.78, 5) is 0. The van der Waals surface area contributed by atoms with E-state index in [-0.39, 0.29) is 30.7 Å². The molecule has 1 aromatic carbocycles. The van der Waals surface area contributed by atoms with Crippen molar-refractivity contribution in [3.63, 3.8) is 0 Å². The first-order valence-corrected chi connectivity index (χ1v) is 7.84. The van der Waals surface area contributed by atoms with Crippen molar-refractivity contribution in [2.24, 2.45) is 5.92 Å². The number of hydrogen-bond acceptors (Lipinski definition) is 1. The van der Waals surface area contributed by atoms with Crippen molar-refractivity contribution < 1.29 is 17.6 Å². The maximum atomic E-state index is 13.1. The van der Waals surface area contributed by atoms with E-state index in [0.29, 0.717) is 17.3 Å². The topological polar surface area (TPSA) is 12.0 Å². The molecule has 2 rings (SSSR count). The SMILES string of the molecule is CC(NC1CCC(C(F)(F)F)CC1)c1ccc(F)cc1Br. The molecule has 118 valence electrons. The quantitative estimate of drug-likeness (QED) is 0.709. The minimum absolute atomic E-state index is 0.0348. The van der Waals surface area contributed by atoms with Crippen LogP contribution in [0.4, 0.5) is 17.6 Å². The van der Waals surface area contributed by atoms with Gasteiger partial charge in [0.15, 0.2) is 0 Å². The molecule has 0 spiro atoms. The van der Waals surface area contributed by atoms with Gasteiger partial charge in [0.05, 0.1) is 5.92 Å². The second kappa shape index (κ2) is 6.65. The van der Waals surface area contributed by atoms with Crippen LogP contribution in [0.5, 0.6) is 0 Å². The summed E-state index contributed by atoms with van der Waals surface area (Å²) in [6.07, 6.45) is -2.67. The van der Waals surface area contributed by atoms with Crippen LogP contribution in [0.25, 0.3) is 0 Å². The zero-order chi connectivity index (χ0) is 15.6. The number of alkyl halides is 3. The van der Waals surface area contributed by atoms with E-state index in [9.17, 15) is 17.6 Å². The average Bonchev–Trinajstić information content (AvgIpc) is 2.38. The molecule has 1 fully saturated rings. The van der Waals surface area contributed by atoms with Gasteiger partial charge in [-0.25, -0.2) is 4.39 Å². The second-order valence-electron chi connectivity index (χ2n) is 5.64. The molecule has 0 heterocycles. The van der Waals surface area contributed by atoms with Gasteiger partial charge in [-0.3, -0.25) is 0 Å². The Labute approximate surface area is 130 Å². The van der Waals surface area contributed by atoms with E-state index in [1.807, 2.05) is 6.92 Å². The predicted molar refractivity (Wildman–Crippen MR) is 77.5 cm³/mol. The molecular weight excluding hydrogens is 350 g/mol. The Balaban J connectivity index is 1.91. The molecule has 1 saturated carbocycles. The third kappa shape index (κ3) is 4.42. The molecule has 0 saturated heterocycles. The molecule has 1 unspecified atom stereocenters. The summed E-state index contributed by atoms with van der Waals surface area (Å²) < 4.78 is 51.6. The van der Waals surface area contributed by atoms with Crippen molar-refractivity contribution in [1.82, 2.24) is 5.32 Å². The highest BCUT2D eigenvalue weighted by atomic mass is 79.9. The first-order valence-electron chi connectivity index (χ1n) is 7.05. The smallest absolute Gasteiger partial charge is 0.307 e. The minimum Gasteiger partial charge on any atom is -0.307 e. The van der Waals surface area contributed by atoms with Crippen LogP contribution < -0.4 is 5.32 Å². The molecular formula is C15H18BrF4N. The van der Waals surface area contributed by atoms with Crippen LogP contribution in [0.2, 0.25) is 0 Å². The van der Waals surface area contributed by atoms with E-state index in [0.717, 1.165) is 5.56 Å². The van der Waals surface area contributed by atoms with Crippen LogP contribution in [0.1, 0.15) is 44.2 Å². The molecule has 0 aromatic heterocycles. The monoisotopic (exact) mass is 367 g/mol. The van der Waals surface area contributed by atoms with Gasteiger partial charge < -0.3 is 5.32 Å². The highest BCUT2D eigenvalue weighted by molar-refractivity contribution is 9.10. The molecule has 1 nitrogen and oxygen atoms in total. The Morgan fingerprint density at radius 3 is 2.33 bits per heavy atom. The molecule has 0 aliphatic heterocycles. The van der Waals surface area contributed by atoms with Gasteiger partial charge >= 0.3 is 6.18 Å². The van der Waals surface area contributed by atoms with Crippen molar-refractivity contribution in [3.05, 3.63) is 34.1 Å². The molecule has 1 aromatic rings. The van der Waals surface area contributed by atoms with Gasteiger partial charge in [-0.05, 0) is 50.3 Å². The molecule has 1 aliphatic rings. The van der Waals surface area contributed by atoms with Crippen molar-refractivity contribution in [3.8, 4) is 0 Å². The van der Waals surface area contributed by atoms with Gasteiger partial charge in [0.1, 0.15) is 5.82 Å². The van der Waals surface area contributed by atoms with Gasteiger partial charge in [-0.1, -0.05) is 22.0 Å². The molecule has 21 heavy (non-hydrogen) atoms. The first-order chi connectivity index (χ1) is 9.77. The minimum atomic E-state index is -4.07. The summed E-state index contributed by atoms with van der Waals surface area (Å²) in [7, 11) is 0. The van der Waals surface area contributed by atoms with E-state index in [1.165, 1.54) is 12.1 Å². The number of rotatable bonds is 3.